The summed E-state index contributed by atoms with van der Waals surface area (Å²) in [5.74, 6) is 0.0519. The molecule has 0 rings (SSSR count). The van der Waals surface area contributed by atoms with Gasteiger partial charge < -0.3 is 10.6 Å². The molecule has 0 saturated carbocycles. The van der Waals surface area contributed by atoms with Gasteiger partial charge in [0.1, 0.15) is 0 Å². The smallest absolute Gasteiger partial charge is 0.223 e. The third-order valence-electron chi connectivity index (χ3n) is 1.26. The van der Waals surface area contributed by atoms with Crippen molar-refractivity contribution in [2.45, 2.75) is 12.8 Å². The summed E-state index contributed by atoms with van der Waals surface area (Å²) in [5, 5.41) is 5.77. The van der Waals surface area contributed by atoms with Gasteiger partial charge in [-0.25, -0.2) is 0 Å². The summed E-state index contributed by atoms with van der Waals surface area (Å²) in [5.41, 5.74) is 0. The van der Waals surface area contributed by atoms with Crippen LogP contribution in [0, 0.1) is 0 Å². The second-order valence-corrected chi connectivity index (χ2v) is 2.30. The highest BCUT2D eigenvalue weighted by Crippen LogP contribution is 1.79. The molecular weight excluding hydrogens is 140 g/mol. The normalized spacial score (nSPS) is 9.18. The van der Waals surface area contributed by atoms with E-state index in [4.69, 9.17) is 0 Å². The fourth-order valence-electron chi connectivity index (χ4n) is 0.696. The van der Waals surface area contributed by atoms with Crippen molar-refractivity contribution in [2.24, 2.45) is 0 Å². The first kappa shape index (κ1) is 10.2. The lowest BCUT2D eigenvalue weighted by molar-refractivity contribution is -0.120. The van der Waals surface area contributed by atoms with E-state index >= 15 is 0 Å². The van der Waals surface area contributed by atoms with Crippen molar-refractivity contribution in [2.75, 3.05) is 20.1 Å². The molecule has 0 atom stereocenters. The molecule has 0 bridgehead atoms. The van der Waals surface area contributed by atoms with Crippen molar-refractivity contribution < 1.29 is 4.79 Å². The van der Waals surface area contributed by atoms with Gasteiger partial charge in [0.05, 0.1) is 0 Å². The number of carbonyl (C=O) groups is 1. The van der Waals surface area contributed by atoms with Crippen molar-refractivity contribution in [1.82, 2.24) is 10.6 Å². The molecule has 0 aromatic carbocycles. The third kappa shape index (κ3) is 7.06. The number of rotatable bonds is 6. The topological polar surface area (TPSA) is 41.1 Å². The number of nitrogens with one attached hydrogen (secondary N) is 2. The number of hydrogen-bond acceptors (Lipinski definition) is 2. The predicted octanol–water partition coefficient (Wildman–Crippen LogP) is 0.288. The average molecular weight is 156 g/mol. The second kappa shape index (κ2) is 7.28. The van der Waals surface area contributed by atoms with Gasteiger partial charge in [-0.05, 0) is 20.0 Å². The average Bonchev–Trinajstić information content (AvgIpc) is 1.99. The first-order chi connectivity index (χ1) is 5.31. The Hall–Kier alpha value is -0.830. The van der Waals surface area contributed by atoms with Crippen LogP contribution in [0.25, 0.3) is 0 Å². The van der Waals surface area contributed by atoms with Crippen LogP contribution in [0.2, 0.25) is 0 Å². The highest BCUT2D eigenvalue weighted by Gasteiger charge is 1.94. The fraction of sp³-hybridized carbons (Fsp3) is 0.625. The molecule has 0 saturated heterocycles. The van der Waals surface area contributed by atoms with E-state index < -0.39 is 0 Å². The molecule has 11 heavy (non-hydrogen) atoms. The zero-order valence-corrected chi connectivity index (χ0v) is 7.02. The van der Waals surface area contributed by atoms with Gasteiger partial charge in [0.25, 0.3) is 0 Å². The maximum Gasteiger partial charge on any atom is 0.223 e. The van der Waals surface area contributed by atoms with E-state index in [0.29, 0.717) is 6.42 Å². The molecule has 3 heteroatoms. The van der Waals surface area contributed by atoms with Gasteiger partial charge in [0, 0.05) is 13.0 Å². The Morgan fingerprint density at radius 2 is 2.27 bits per heavy atom. The standard InChI is InChI=1S/C8H16N2O/c1-3-5-8(11)10-7-4-6-9-2/h3,9H,1,4-7H2,2H3,(H,10,11). The highest BCUT2D eigenvalue weighted by molar-refractivity contribution is 5.77. The summed E-state index contributed by atoms with van der Waals surface area (Å²) >= 11 is 0. The Morgan fingerprint density at radius 3 is 2.82 bits per heavy atom. The Labute approximate surface area is 67.9 Å². The summed E-state index contributed by atoms with van der Waals surface area (Å²) in [6.45, 7) is 5.15. The molecule has 1 amide bonds. The van der Waals surface area contributed by atoms with Crippen molar-refractivity contribution in [1.29, 1.82) is 0 Å². The van der Waals surface area contributed by atoms with E-state index in [0.717, 1.165) is 19.5 Å². The molecular formula is C8H16N2O. The van der Waals surface area contributed by atoms with E-state index in [-0.39, 0.29) is 5.91 Å². The highest BCUT2D eigenvalue weighted by atomic mass is 16.1. The van der Waals surface area contributed by atoms with Crippen LogP contribution in [-0.4, -0.2) is 26.0 Å². The fourth-order valence-corrected chi connectivity index (χ4v) is 0.696. The van der Waals surface area contributed by atoms with E-state index in [1.807, 2.05) is 7.05 Å². The first-order valence-corrected chi connectivity index (χ1v) is 3.83. The lowest BCUT2D eigenvalue weighted by Gasteiger charge is -2.01. The Bertz CT molecular complexity index is 123. The van der Waals surface area contributed by atoms with Gasteiger partial charge >= 0.3 is 0 Å². The molecule has 2 N–H and O–H groups in total. The quantitative estimate of drug-likeness (QED) is 0.428. The minimum absolute atomic E-state index is 0.0519. The maximum absolute atomic E-state index is 10.8. The van der Waals surface area contributed by atoms with Crippen molar-refractivity contribution >= 4 is 5.91 Å². The molecule has 3 nitrogen and oxygen atoms in total. The molecule has 0 aliphatic rings. The van der Waals surface area contributed by atoms with Gasteiger partial charge in [-0.1, -0.05) is 6.08 Å². The molecule has 0 spiro atoms. The van der Waals surface area contributed by atoms with Gasteiger partial charge in [-0.15, -0.1) is 6.58 Å². The largest absolute Gasteiger partial charge is 0.356 e. The number of amides is 1. The first-order valence-electron chi connectivity index (χ1n) is 3.83. The zero-order chi connectivity index (χ0) is 8.53. The lowest BCUT2D eigenvalue weighted by Crippen LogP contribution is -2.25. The molecule has 0 unspecified atom stereocenters. The van der Waals surface area contributed by atoms with E-state index in [2.05, 4.69) is 17.2 Å². The van der Waals surface area contributed by atoms with Crippen LogP contribution in [-0.2, 0) is 4.79 Å². The SMILES string of the molecule is C=CCC(=O)NCCCNC. The molecule has 0 aliphatic heterocycles. The van der Waals surface area contributed by atoms with Crippen molar-refractivity contribution in [3.05, 3.63) is 12.7 Å². The summed E-state index contributed by atoms with van der Waals surface area (Å²) < 4.78 is 0. The van der Waals surface area contributed by atoms with Gasteiger partial charge in [0.2, 0.25) is 5.91 Å². The van der Waals surface area contributed by atoms with Crippen LogP contribution < -0.4 is 10.6 Å². The van der Waals surface area contributed by atoms with Crippen molar-refractivity contribution in [3.8, 4) is 0 Å². The zero-order valence-electron chi connectivity index (χ0n) is 7.02. The van der Waals surface area contributed by atoms with Crippen molar-refractivity contribution in [3.63, 3.8) is 0 Å². The maximum atomic E-state index is 10.8. The third-order valence-corrected chi connectivity index (χ3v) is 1.26. The molecule has 64 valence electrons. The summed E-state index contributed by atoms with van der Waals surface area (Å²) in [4.78, 5) is 10.8. The van der Waals surface area contributed by atoms with E-state index in [9.17, 15) is 4.79 Å². The molecule has 0 radical (unpaired) electrons. The summed E-state index contributed by atoms with van der Waals surface area (Å²) in [6.07, 6.45) is 2.99. The second-order valence-electron chi connectivity index (χ2n) is 2.30. The van der Waals surface area contributed by atoms with Crippen LogP contribution >= 0.6 is 0 Å². The van der Waals surface area contributed by atoms with Crippen LogP contribution in [0.3, 0.4) is 0 Å². The Morgan fingerprint density at radius 1 is 1.55 bits per heavy atom. The molecule has 0 heterocycles. The van der Waals surface area contributed by atoms with Gasteiger partial charge in [0.15, 0.2) is 0 Å². The molecule has 0 fully saturated rings. The van der Waals surface area contributed by atoms with Gasteiger partial charge in [-0.3, -0.25) is 4.79 Å². The molecule has 0 aromatic heterocycles. The molecule has 0 aromatic rings. The van der Waals surface area contributed by atoms with Gasteiger partial charge in [-0.2, -0.15) is 0 Å². The number of hydrogen-bond donors (Lipinski definition) is 2. The number of carbonyl (C=O) groups excluding carboxylic acids is 1. The van der Waals surface area contributed by atoms with E-state index in [1.54, 1.807) is 6.08 Å². The van der Waals surface area contributed by atoms with Crippen LogP contribution in [0.1, 0.15) is 12.8 Å². The predicted molar refractivity (Wildman–Crippen MR) is 46.4 cm³/mol. The summed E-state index contributed by atoms with van der Waals surface area (Å²) in [7, 11) is 1.89. The summed E-state index contributed by atoms with van der Waals surface area (Å²) in [6, 6.07) is 0. The molecule has 0 aliphatic carbocycles. The van der Waals surface area contributed by atoms with Crippen LogP contribution in [0.4, 0.5) is 0 Å². The van der Waals surface area contributed by atoms with E-state index in [1.165, 1.54) is 0 Å². The Balaban J connectivity index is 3.10. The lowest BCUT2D eigenvalue weighted by atomic mass is 10.3. The Kier molecular flexibility index (Phi) is 6.73. The van der Waals surface area contributed by atoms with Crippen LogP contribution in [0.15, 0.2) is 12.7 Å². The minimum atomic E-state index is 0.0519. The minimum Gasteiger partial charge on any atom is -0.356 e. The van der Waals surface area contributed by atoms with Crippen LogP contribution in [0.5, 0.6) is 0 Å². The monoisotopic (exact) mass is 156 g/mol.